The molecule has 0 spiro atoms. The number of rotatable bonds is 12. The van der Waals surface area contributed by atoms with E-state index >= 15 is 0 Å². The molecular formula is C32H36N6O6. The number of fused-ring (bicyclic) bond motifs is 5. The van der Waals surface area contributed by atoms with E-state index in [0.29, 0.717) is 73.3 Å². The number of esters is 1. The highest BCUT2D eigenvalue weighted by Gasteiger charge is 2.49. The predicted molar refractivity (Wildman–Crippen MR) is 159 cm³/mol. The summed E-state index contributed by atoms with van der Waals surface area (Å²) in [6.07, 6.45) is 7.60. The predicted octanol–water partition coefficient (Wildman–Crippen LogP) is 3.75. The fourth-order valence-corrected chi connectivity index (χ4v) is 6.20. The van der Waals surface area contributed by atoms with Crippen LogP contribution in [0.25, 0.3) is 11.0 Å². The number of hydrogen-bond acceptors (Lipinski definition) is 11. The van der Waals surface area contributed by atoms with E-state index < -0.39 is 0 Å². The Morgan fingerprint density at radius 3 is 2.82 bits per heavy atom. The van der Waals surface area contributed by atoms with Crippen LogP contribution in [0.1, 0.15) is 68.7 Å². The molecule has 2 bridgehead atoms. The molecule has 1 aliphatic carbocycles. The normalized spacial score (nSPS) is 22.0. The summed E-state index contributed by atoms with van der Waals surface area (Å²) in [6.45, 7) is 3.65. The number of aromatic nitrogens is 3. The Kier molecular flexibility index (Phi) is 8.59. The zero-order valence-electron chi connectivity index (χ0n) is 24.8. The smallest absolute Gasteiger partial charge is 0.305 e. The Bertz CT molecular complexity index is 1580. The molecule has 1 amide bonds. The van der Waals surface area contributed by atoms with Crippen molar-refractivity contribution in [2.45, 2.75) is 76.0 Å². The minimum absolute atomic E-state index is 0.00939. The van der Waals surface area contributed by atoms with Crippen molar-refractivity contribution in [3.63, 3.8) is 0 Å². The van der Waals surface area contributed by atoms with Gasteiger partial charge in [-0.3, -0.25) is 14.6 Å². The fourth-order valence-electron chi connectivity index (χ4n) is 6.20. The molecule has 12 nitrogen and oxygen atoms in total. The monoisotopic (exact) mass is 600 g/mol. The van der Waals surface area contributed by atoms with E-state index in [-0.39, 0.29) is 36.0 Å². The second kappa shape index (κ2) is 12.7. The fraction of sp³-hybridized carbons (Fsp3) is 0.500. The maximum Gasteiger partial charge on any atom is 0.305 e. The summed E-state index contributed by atoms with van der Waals surface area (Å²) in [7, 11) is 0. The van der Waals surface area contributed by atoms with Gasteiger partial charge in [-0.15, -0.1) is 0 Å². The number of nitrogens with zero attached hydrogens (tertiary/aromatic N) is 4. The van der Waals surface area contributed by atoms with Gasteiger partial charge in [-0.1, -0.05) is 0 Å². The highest BCUT2D eigenvalue weighted by Crippen LogP contribution is 2.46. The zero-order chi connectivity index (χ0) is 30.6. The number of carbonyl (C=O) groups is 2. The van der Waals surface area contributed by atoms with Crippen molar-refractivity contribution in [2.75, 3.05) is 31.7 Å². The average molecular weight is 601 g/mol. The molecule has 2 N–H and O–H groups in total. The van der Waals surface area contributed by atoms with Gasteiger partial charge >= 0.3 is 5.97 Å². The van der Waals surface area contributed by atoms with Crippen LogP contribution in [0.15, 0.2) is 30.5 Å². The molecule has 230 valence electrons. The SMILES string of the molecule is CCOC(=O)CCCOc1ccc2ncc(C#N)c(CCC34CCC(NCc5ccc6c(n5)NC(=O)CO6)(CC3)CO4)c2n1. The van der Waals surface area contributed by atoms with Crippen LogP contribution >= 0.6 is 0 Å². The summed E-state index contributed by atoms with van der Waals surface area (Å²) in [5.74, 6) is 1.03. The molecular weight excluding hydrogens is 564 g/mol. The quantitative estimate of drug-likeness (QED) is 0.230. The Labute approximate surface area is 255 Å². The van der Waals surface area contributed by atoms with Gasteiger partial charge in [-0.25, -0.2) is 9.97 Å². The lowest BCUT2D eigenvalue weighted by molar-refractivity contribution is -0.165. The van der Waals surface area contributed by atoms with Crippen molar-refractivity contribution in [1.82, 2.24) is 20.3 Å². The van der Waals surface area contributed by atoms with Gasteiger partial charge in [0.25, 0.3) is 5.91 Å². The Balaban J connectivity index is 1.07. The second-order valence-corrected chi connectivity index (χ2v) is 11.6. The van der Waals surface area contributed by atoms with Crippen LogP contribution in [-0.2, 0) is 32.0 Å². The van der Waals surface area contributed by atoms with Crippen molar-refractivity contribution in [3.05, 3.63) is 47.3 Å². The molecule has 0 radical (unpaired) electrons. The summed E-state index contributed by atoms with van der Waals surface area (Å²) in [4.78, 5) is 37.0. The first kappa shape index (κ1) is 29.7. The van der Waals surface area contributed by atoms with E-state index in [1.165, 1.54) is 0 Å². The van der Waals surface area contributed by atoms with Crippen LogP contribution in [0.5, 0.6) is 11.6 Å². The standard InChI is InChI=1S/C32H36N6O6/c1-2-41-28(40)4-3-15-42-27-8-6-24-29(38-27)23(21(16-33)17-34-24)9-10-32-13-11-31(12-14-32,20-44-32)35-18-22-5-7-25-30(36-22)37-26(39)19-43-25/h5-8,17,35H,2-4,9-15,18-20H2,1H3,(H,36,37,39). The Morgan fingerprint density at radius 1 is 1.18 bits per heavy atom. The van der Waals surface area contributed by atoms with Crippen LogP contribution in [0, 0.1) is 11.3 Å². The molecule has 12 heteroatoms. The molecule has 1 saturated carbocycles. The van der Waals surface area contributed by atoms with E-state index in [1.807, 2.05) is 18.2 Å². The van der Waals surface area contributed by atoms with E-state index in [0.717, 1.165) is 43.4 Å². The molecule has 3 aromatic heterocycles. The van der Waals surface area contributed by atoms with Gasteiger partial charge in [0, 0.05) is 30.8 Å². The highest BCUT2D eigenvalue weighted by atomic mass is 16.5. The zero-order valence-corrected chi connectivity index (χ0v) is 24.8. The van der Waals surface area contributed by atoms with Gasteiger partial charge in [0.05, 0.1) is 47.7 Å². The summed E-state index contributed by atoms with van der Waals surface area (Å²) in [6, 6.07) is 9.65. The van der Waals surface area contributed by atoms with E-state index in [1.54, 1.807) is 19.2 Å². The van der Waals surface area contributed by atoms with Gasteiger partial charge in [0.1, 0.15) is 6.07 Å². The van der Waals surface area contributed by atoms with Gasteiger partial charge < -0.3 is 29.6 Å². The number of anilines is 1. The van der Waals surface area contributed by atoms with Gasteiger partial charge in [0.15, 0.2) is 18.2 Å². The van der Waals surface area contributed by atoms with E-state index in [4.69, 9.17) is 23.9 Å². The first-order valence-corrected chi connectivity index (χ1v) is 15.2. The van der Waals surface area contributed by atoms with Crippen LogP contribution < -0.4 is 20.1 Å². The third-order valence-electron chi connectivity index (χ3n) is 8.77. The largest absolute Gasteiger partial charge is 0.480 e. The molecule has 0 atom stereocenters. The molecule has 6 heterocycles. The summed E-state index contributed by atoms with van der Waals surface area (Å²) >= 11 is 0. The van der Waals surface area contributed by atoms with Crippen LogP contribution in [0.3, 0.4) is 0 Å². The number of carbonyl (C=O) groups excluding carboxylic acids is 2. The number of amides is 1. The number of hydrogen-bond donors (Lipinski definition) is 2. The number of nitriles is 1. The summed E-state index contributed by atoms with van der Waals surface area (Å²) in [5, 5.41) is 16.3. The van der Waals surface area contributed by atoms with Gasteiger partial charge in [-0.2, -0.15) is 5.26 Å². The average Bonchev–Trinajstić information content (AvgIpc) is 3.05. The second-order valence-electron chi connectivity index (χ2n) is 11.6. The molecule has 0 unspecified atom stereocenters. The van der Waals surface area contributed by atoms with Crippen molar-refractivity contribution in [2.24, 2.45) is 0 Å². The lowest BCUT2D eigenvalue weighted by Crippen LogP contribution is -2.61. The molecule has 0 aromatic carbocycles. The number of aryl methyl sites for hydroxylation is 1. The van der Waals surface area contributed by atoms with E-state index in [9.17, 15) is 14.9 Å². The van der Waals surface area contributed by atoms with Crippen molar-refractivity contribution in [1.29, 1.82) is 5.26 Å². The lowest BCUT2D eigenvalue weighted by Gasteiger charge is -2.53. The topological polar surface area (TPSA) is 158 Å². The van der Waals surface area contributed by atoms with Gasteiger partial charge in [0.2, 0.25) is 5.88 Å². The summed E-state index contributed by atoms with van der Waals surface area (Å²) in [5.41, 5.74) is 3.17. The maximum absolute atomic E-state index is 11.7. The minimum atomic E-state index is -0.251. The lowest BCUT2D eigenvalue weighted by atomic mass is 9.69. The van der Waals surface area contributed by atoms with Crippen molar-refractivity contribution < 1.29 is 28.5 Å². The maximum atomic E-state index is 11.7. The molecule has 4 aliphatic rings. The third kappa shape index (κ3) is 6.44. The molecule has 7 rings (SSSR count). The van der Waals surface area contributed by atoms with Gasteiger partial charge in [-0.05, 0) is 75.6 Å². The van der Waals surface area contributed by atoms with Crippen molar-refractivity contribution in [3.8, 4) is 17.7 Å². The molecule has 3 aliphatic heterocycles. The molecule has 3 fully saturated rings. The minimum Gasteiger partial charge on any atom is -0.480 e. The molecule has 2 saturated heterocycles. The first-order valence-electron chi connectivity index (χ1n) is 15.2. The summed E-state index contributed by atoms with van der Waals surface area (Å²) < 4.78 is 22.8. The van der Waals surface area contributed by atoms with E-state index in [2.05, 4.69) is 26.7 Å². The number of nitrogens with one attached hydrogen (secondary N) is 2. The number of pyridine rings is 3. The van der Waals surface area contributed by atoms with Crippen LogP contribution in [-0.4, -0.2) is 64.4 Å². The molecule has 3 aromatic rings. The molecule has 44 heavy (non-hydrogen) atoms. The highest BCUT2D eigenvalue weighted by molar-refractivity contribution is 5.94. The number of ether oxygens (including phenoxy) is 4. The Hall–Kier alpha value is -4.34. The first-order chi connectivity index (χ1) is 21.4. The van der Waals surface area contributed by atoms with Crippen LogP contribution in [0.2, 0.25) is 0 Å². The third-order valence-corrected chi connectivity index (χ3v) is 8.77. The Morgan fingerprint density at radius 2 is 2.05 bits per heavy atom. The van der Waals surface area contributed by atoms with Crippen LogP contribution in [0.4, 0.5) is 5.82 Å². The van der Waals surface area contributed by atoms with Crippen molar-refractivity contribution >= 4 is 28.7 Å².